The van der Waals surface area contributed by atoms with Crippen molar-refractivity contribution < 1.29 is 13.6 Å². The first-order chi connectivity index (χ1) is 7.22. The van der Waals surface area contributed by atoms with Crippen LogP contribution in [0.1, 0.15) is 40.5 Å². The Bertz CT molecular complexity index is 307. The third-order valence-electron chi connectivity index (χ3n) is 1.73. The summed E-state index contributed by atoms with van der Waals surface area (Å²) in [5, 5.41) is 17.1. The number of hydrogen-bond acceptors (Lipinski definition) is 5. The van der Waals surface area contributed by atoms with Gasteiger partial charge in [-0.05, 0) is 27.7 Å². The van der Waals surface area contributed by atoms with Crippen molar-refractivity contribution in [2.75, 3.05) is 0 Å². The second-order valence-corrected chi connectivity index (χ2v) is 5.55. The lowest BCUT2D eigenvalue weighted by molar-refractivity contribution is 0.0498. The molecule has 16 heavy (non-hydrogen) atoms. The Hall–Kier alpha value is -0.870. The molecule has 0 heterocycles. The minimum Gasteiger partial charge on any atom is -0.303 e. The molecule has 0 unspecified atom stereocenters. The molecule has 0 aliphatic heterocycles. The van der Waals surface area contributed by atoms with Gasteiger partial charge in [0, 0.05) is 0 Å². The molecule has 0 rings (SSSR count). The van der Waals surface area contributed by atoms with Crippen molar-refractivity contribution in [2.24, 2.45) is 0 Å². The van der Waals surface area contributed by atoms with Gasteiger partial charge >= 0.3 is 8.25 Å². The van der Waals surface area contributed by atoms with Crippen LogP contribution in [-0.4, -0.2) is 11.2 Å². The van der Waals surface area contributed by atoms with Gasteiger partial charge in [0.15, 0.2) is 0 Å². The summed E-state index contributed by atoms with van der Waals surface area (Å²) in [5.74, 6) is 0. The molecule has 0 saturated carbocycles. The van der Waals surface area contributed by atoms with E-state index in [9.17, 15) is 4.57 Å². The zero-order chi connectivity index (χ0) is 12.8. The Morgan fingerprint density at radius 3 is 1.56 bits per heavy atom. The summed E-state index contributed by atoms with van der Waals surface area (Å²) < 4.78 is 21.9. The van der Waals surface area contributed by atoms with Crippen LogP contribution in [0.2, 0.25) is 0 Å². The fourth-order valence-electron chi connectivity index (χ4n) is 0.925. The molecule has 0 fully saturated rings. The molecule has 0 bridgehead atoms. The van der Waals surface area contributed by atoms with Gasteiger partial charge in [-0.2, -0.15) is 10.5 Å². The van der Waals surface area contributed by atoms with Crippen molar-refractivity contribution in [2.45, 2.75) is 51.7 Å². The molecule has 90 valence electrons. The zero-order valence-corrected chi connectivity index (χ0v) is 11.0. The van der Waals surface area contributed by atoms with Gasteiger partial charge in [-0.15, -0.1) is 0 Å². The first kappa shape index (κ1) is 15.1. The maximum Gasteiger partial charge on any atom is 0.320 e. The Kier molecular flexibility index (Phi) is 5.68. The van der Waals surface area contributed by atoms with E-state index in [0.717, 1.165) is 0 Å². The monoisotopic (exact) mass is 244 g/mol. The summed E-state index contributed by atoms with van der Waals surface area (Å²) in [5.41, 5.74) is -1.60. The molecule has 0 aromatic heterocycles. The van der Waals surface area contributed by atoms with Crippen LogP contribution >= 0.6 is 8.25 Å². The zero-order valence-electron chi connectivity index (χ0n) is 10.0. The third kappa shape index (κ3) is 6.58. The first-order valence-corrected chi connectivity index (χ1v) is 6.11. The summed E-state index contributed by atoms with van der Waals surface area (Å²) >= 11 is 0. The quantitative estimate of drug-likeness (QED) is 0.671. The maximum atomic E-state index is 11.5. The van der Waals surface area contributed by atoms with Gasteiger partial charge in [-0.1, -0.05) is 0 Å². The van der Waals surface area contributed by atoms with Crippen LogP contribution in [0.5, 0.6) is 0 Å². The summed E-state index contributed by atoms with van der Waals surface area (Å²) in [7, 11) is -2.70. The highest BCUT2D eigenvalue weighted by atomic mass is 31.1. The fourth-order valence-corrected chi connectivity index (χ4v) is 2.01. The maximum absolute atomic E-state index is 11.5. The predicted molar refractivity (Wildman–Crippen MR) is 59.8 cm³/mol. The standard InChI is InChI=1S/C10H17N2O3P/c1-9(2,5-7-11)14-16(13)15-10(3,4)6-8-12/h16H,5-6H2,1-4H3. The largest absolute Gasteiger partial charge is 0.320 e. The van der Waals surface area contributed by atoms with E-state index < -0.39 is 19.5 Å². The first-order valence-electron chi connectivity index (χ1n) is 4.88. The van der Waals surface area contributed by atoms with Crippen molar-refractivity contribution in [1.29, 1.82) is 10.5 Å². The average molecular weight is 244 g/mol. The predicted octanol–water partition coefficient (Wildman–Crippen LogP) is 2.79. The number of nitriles is 2. The Balaban J connectivity index is 4.31. The Labute approximate surface area is 96.9 Å². The molecule has 0 aromatic rings. The highest BCUT2D eigenvalue weighted by molar-refractivity contribution is 7.33. The van der Waals surface area contributed by atoms with E-state index in [1.165, 1.54) is 0 Å². The average Bonchev–Trinajstić information content (AvgIpc) is 1.99. The van der Waals surface area contributed by atoms with Gasteiger partial charge < -0.3 is 9.05 Å². The molecule has 5 nitrogen and oxygen atoms in total. The topological polar surface area (TPSA) is 83.1 Å². The van der Waals surface area contributed by atoms with E-state index in [1.807, 2.05) is 12.1 Å². The summed E-state index contributed by atoms with van der Waals surface area (Å²) in [6.45, 7) is 6.66. The van der Waals surface area contributed by atoms with Crippen LogP contribution < -0.4 is 0 Å². The van der Waals surface area contributed by atoms with Gasteiger partial charge in [-0.3, -0.25) is 4.57 Å². The highest BCUT2D eigenvalue weighted by Gasteiger charge is 2.26. The molecule has 0 atom stereocenters. The molecule has 0 aliphatic rings. The molecule has 0 spiro atoms. The minimum absolute atomic E-state index is 0.130. The molecule has 0 amide bonds. The second kappa shape index (κ2) is 6.01. The van der Waals surface area contributed by atoms with Crippen molar-refractivity contribution >= 4 is 8.25 Å². The van der Waals surface area contributed by atoms with Crippen molar-refractivity contribution in [3.63, 3.8) is 0 Å². The van der Waals surface area contributed by atoms with Gasteiger partial charge in [0.1, 0.15) is 0 Å². The normalized spacial score (nSPS) is 12.2. The van der Waals surface area contributed by atoms with Crippen LogP contribution in [0.4, 0.5) is 0 Å². The van der Waals surface area contributed by atoms with E-state index in [0.29, 0.717) is 0 Å². The van der Waals surface area contributed by atoms with E-state index >= 15 is 0 Å². The second-order valence-electron chi connectivity index (χ2n) is 4.64. The molecule has 6 heteroatoms. The molecule has 0 N–H and O–H groups in total. The SMILES string of the molecule is CC(C)(CC#N)O[PH](=O)OC(C)(C)CC#N. The highest BCUT2D eigenvalue weighted by Crippen LogP contribution is 2.37. The van der Waals surface area contributed by atoms with Gasteiger partial charge in [-0.25, -0.2) is 0 Å². The Morgan fingerprint density at radius 2 is 1.31 bits per heavy atom. The lowest BCUT2D eigenvalue weighted by Gasteiger charge is -2.26. The number of rotatable bonds is 6. The molecule has 0 saturated heterocycles. The van der Waals surface area contributed by atoms with Crippen LogP contribution in [-0.2, 0) is 13.6 Å². The Morgan fingerprint density at radius 1 is 1.00 bits per heavy atom. The van der Waals surface area contributed by atoms with E-state index in [2.05, 4.69) is 0 Å². The number of nitrogens with zero attached hydrogens (tertiary/aromatic N) is 2. The van der Waals surface area contributed by atoms with E-state index in [1.54, 1.807) is 27.7 Å². The van der Waals surface area contributed by atoms with Crippen molar-refractivity contribution in [3.05, 3.63) is 0 Å². The summed E-state index contributed by atoms with van der Waals surface area (Å²) in [4.78, 5) is 0. The smallest absolute Gasteiger partial charge is 0.303 e. The molecule has 0 aromatic carbocycles. The molecular formula is C10H17N2O3P. The fraction of sp³-hybridized carbons (Fsp3) is 0.800. The van der Waals surface area contributed by atoms with Crippen molar-refractivity contribution in [3.8, 4) is 12.1 Å². The van der Waals surface area contributed by atoms with Gasteiger partial charge in [0.25, 0.3) is 0 Å². The molecule has 0 aliphatic carbocycles. The molecular weight excluding hydrogens is 227 g/mol. The number of hydrogen-bond donors (Lipinski definition) is 0. The van der Waals surface area contributed by atoms with Crippen LogP contribution in [0, 0.1) is 22.7 Å². The summed E-state index contributed by atoms with van der Waals surface area (Å²) in [6.07, 6.45) is 0.261. The minimum atomic E-state index is -2.70. The lowest BCUT2D eigenvalue weighted by Crippen LogP contribution is -2.24. The van der Waals surface area contributed by atoms with Crippen molar-refractivity contribution in [1.82, 2.24) is 0 Å². The van der Waals surface area contributed by atoms with Gasteiger partial charge in [0.2, 0.25) is 0 Å². The summed E-state index contributed by atoms with van der Waals surface area (Å²) in [6, 6.07) is 3.89. The van der Waals surface area contributed by atoms with Gasteiger partial charge in [0.05, 0.1) is 36.2 Å². The van der Waals surface area contributed by atoms with Crippen LogP contribution in [0.15, 0.2) is 0 Å². The van der Waals surface area contributed by atoms with E-state index in [4.69, 9.17) is 19.6 Å². The van der Waals surface area contributed by atoms with Crippen LogP contribution in [0.25, 0.3) is 0 Å². The van der Waals surface area contributed by atoms with E-state index in [-0.39, 0.29) is 12.8 Å². The lowest BCUT2D eigenvalue weighted by atomic mass is 10.1. The van der Waals surface area contributed by atoms with Crippen LogP contribution in [0.3, 0.4) is 0 Å². The molecule has 0 radical (unpaired) electrons. The third-order valence-corrected chi connectivity index (χ3v) is 3.17.